The minimum Gasteiger partial charge on any atom is -0.497 e. The normalized spacial score (nSPS) is 10.6. The number of hydrogen-bond donors (Lipinski definition) is 0. The van der Waals surface area contributed by atoms with Crippen molar-refractivity contribution in [3.05, 3.63) is 59.6 Å². The van der Waals surface area contributed by atoms with Crippen LogP contribution in [0.15, 0.2) is 54.0 Å². The summed E-state index contributed by atoms with van der Waals surface area (Å²) in [6.45, 7) is 3.97. The summed E-state index contributed by atoms with van der Waals surface area (Å²) in [5.41, 5.74) is 1.63. The van der Waals surface area contributed by atoms with E-state index in [1.807, 2.05) is 30.3 Å². The monoisotopic (exact) mass is 331 g/mol. The van der Waals surface area contributed by atoms with E-state index in [4.69, 9.17) is 25.8 Å². The van der Waals surface area contributed by atoms with E-state index in [9.17, 15) is 0 Å². The van der Waals surface area contributed by atoms with Crippen LogP contribution < -0.4 is 14.2 Å². The van der Waals surface area contributed by atoms with Gasteiger partial charge in [-0.2, -0.15) is 0 Å². The highest BCUT2D eigenvalue weighted by atomic mass is 35.5. The number of halogens is 1. The van der Waals surface area contributed by atoms with Crippen LogP contribution in [-0.2, 0) is 0 Å². The smallest absolute Gasteiger partial charge is 0.180 e. The van der Waals surface area contributed by atoms with Crippen LogP contribution in [0, 0.1) is 0 Å². The van der Waals surface area contributed by atoms with Gasteiger partial charge >= 0.3 is 0 Å². The number of methoxy groups -OCH3 is 2. The Morgan fingerprint density at radius 2 is 1.87 bits per heavy atom. The van der Waals surface area contributed by atoms with E-state index in [0.717, 1.165) is 17.0 Å². The molecule has 120 valence electrons. The van der Waals surface area contributed by atoms with E-state index in [2.05, 4.69) is 11.6 Å². The quantitative estimate of drug-likeness (QED) is 0.546. The van der Waals surface area contributed by atoms with Crippen molar-refractivity contribution in [3.63, 3.8) is 0 Å². The van der Waals surface area contributed by atoms with Crippen LogP contribution in [0.3, 0.4) is 0 Å². The second kappa shape index (κ2) is 8.25. The molecule has 0 N–H and O–H groups in total. The molecule has 0 aliphatic rings. The lowest BCUT2D eigenvalue weighted by Crippen LogP contribution is -1.98. The molecule has 2 aromatic carbocycles. The number of rotatable bonds is 7. The van der Waals surface area contributed by atoms with E-state index in [1.165, 1.54) is 0 Å². The second-order valence-electron chi connectivity index (χ2n) is 4.59. The van der Waals surface area contributed by atoms with Crippen LogP contribution in [-0.4, -0.2) is 27.0 Å². The molecule has 0 unspecified atom stereocenters. The number of ether oxygens (including phenoxy) is 3. The van der Waals surface area contributed by atoms with E-state index >= 15 is 0 Å². The zero-order chi connectivity index (χ0) is 16.7. The third-order valence-electron chi connectivity index (χ3n) is 3.03. The van der Waals surface area contributed by atoms with Crippen molar-refractivity contribution in [2.45, 2.75) is 0 Å². The Morgan fingerprint density at radius 1 is 1.13 bits per heavy atom. The molecule has 2 aromatic rings. The van der Waals surface area contributed by atoms with Crippen molar-refractivity contribution in [2.24, 2.45) is 4.99 Å². The Morgan fingerprint density at radius 3 is 2.48 bits per heavy atom. The average Bonchev–Trinajstić information content (AvgIpc) is 2.59. The lowest BCUT2D eigenvalue weighted by molar-refractivity contribution is 0.326. The molecule has 0 saturated carbocycles. The summed E-state index contributed by atoms with van der Waals surface area (Å²) in [6, 6.07) is 11.0. The maximum atomic E-state index is 6.25. The summed E-state index contributed by atoms with van der Waals surface area (Å²) >= 11 is 6.25. The van der Waals surface area contributed by atoms with Crippen LogP contribution >= 0.6 is 11.6 Å². The molecule has 0 aliphatic heterocycles. The summed E-state index contributed by atoms with van der Waals surface area (Å²) in [7, 11) is 3.19. The molecule has 0 aromatic heterocycles. The fourth-order valence-electron chi connectivity index (χ4n) is 1.91. The Hall–Kier alpha value is -2.46. The predicted octanol–water partition coefficient (Wildman–Crippen LogP) is 4.67. The molecular weight excluding hydrogens is 314 g/mol. The van der Waals surface area contributed by atoms with Crippen molar-refractivity contribution < 1.29 is 14.2 Å². The molecule has 23 heavy (non-hydrogen) atoms. The predicted molar refractivity (Wildman–Crippen MR) is 93.9 cm³/mol. The summed E-state index contributed by atoms with van der Waals surface area (Å²) in [6.07, 6.45) is 3.36. The van der Waals surface area contributed by atoms with Gasteiger partial charge in [-0.3, -0.25) is 4.99 Å². The van der Waals surface area contributed by atoms with Gasteiger partial charge in [0.2, 0.25) is 0 Å². The molecule has 0 amide bonds. The lowest BCUT2D eigenvalue weighted by Gasteiger charge is -2.11. The van der Waals surface area contributed by atoms with E-state index < -0.39 is 0 Å². The summed E-state index contributed by atoms with van der Waals surface area (Å²) in [5.74, 6) is 1.84. The van der Waals surface area contributed by atoms with Crippen molar-refractivity contribution in [3.8, 4) is 17.2 Å². The minimum absolute atomic E-state index is 0.357. The summed E-state index contributed by atoms with van der Waals surface area (Å²) in [5, 5.41) is 0.461. The van der Waals surface area contributed by atoms with Crippen molar-refractivity contribution >= 4 is 23.5 Å². The third kappa shape index (κ3) is 4.50. The molecular formula is C18H18ClNO3. The molecule has 0 heterocycles. The summed E-state index contributed by atoms with van der Waals surface area (Å²) in [4.78, 5) is 4.41. The van der Waals surface area contributed by atoms with Crippen LogP contribution in [0.5, 0.6) is 17.2 Å². The van der Waals surface area contributed by atoms with Crippen molar-refractivity contribution in [1.29, 1.82) is 0 Å². The first-order valence-corrected chi connectivity index (χ1v) is 7.35. The maximum absolute atomic E-state index is 6.25. The topological polar surface area (TPSA) is 40.0 Å². The third-order valence-corrected chi connectivity index (χ3v) is 3.31. The first-order valence-electron chi connectivity index (χ1n) is 6.97. The highest BCUT2D eigenvalue weighted by molar-refractivity contribution is 6.32. The van der Waals surface area contributed by atoms with Gasteiger partial charge in [0.25, 0.3) is 0 Å². The molecule has 4 nitrogen and oxygen atoms in total. The molecule has 0 aliphatic carbocycles. The molecule has 0 spiro atoms. The number of hydrogen-bond acceptors (Lipinski definition) is 4. The minimum atomic E-state index is 0.357. The van der Waals surface area contributed by atoms with Gasteiger partial charge in [0, 0.05) is 6.21 Å². The summed E-state index contributed by atoms with van der Waals surface area (Å²) < 4.78 is 16.0. The molecule has 0 fully saturated rings. The van der Waals surface area contributed by atoms with Gasteiger partial charge in [-0.05, 0) is 42.0 Å². The van der Waals surface area contributed by atoms with Crippen LogP contribution in [0.4, 0.5) is 5.69 Å². The van der Waals surface area contributed by atoms with Crippen LogP contribution in [0.2, 0.25) is 5.02 Å². The Kier molecular flexibility index (Phi) is 6.06. The largest absolute Gasteiger partial charge is 0.497 e. The van der Waals surface area contributed by atoms with Crippen molar-refractivity contribution in [2.75, 3.05) is 20.8 Å². The fraction of sp³-hybridized carbons (Fsp3) is 0.167. The first-order chi connectivity index (χ1) is 11.2. The van der Waals surface area contributed by atoms with E-state index in [0.29, 0.717) is 23.1 Å². The SMILES string of the molecule is C=CCOc1c(Cl)cc(C=Nc2ccc(OC)cc2)cc1OC. The second-order valence-corrected chi connectivity index (χ2v) is 5.00. The van der Waals surface area contributed by atoms with E-state index in [1.54, 1.807) is 32.6 Å². The highest BCUT2D eigenvalue weighted by Crippen LogP contribution is 2.36. The Balaban J connectivity index is 2.23. The lowest BCUT2D eigenvalue weighted by atomic mass is 10.2. The molecule has 0 atom stereocenters. The standard InChI is InChI=1S/C18H18ClNO3/c1-4-9-23-18-16(19)10-13(11-17(18)22-3)12-20-14-5-7-15(21-2)8-6-14/h4-8,10-12H,1,9H2,2-3H3. The van der Waals surface area contributed by atoms with Gasteiger partial charge in [0.15, 0.2) is 11.5 Å². The van der Waals surface area contributed by atoms with Crippen LogP contribution in [0.1, 0.15) is 5.56 Å². The Bertz CT molecular complexity index is 696. The van der Waals surface area contributed by atoms with Crippen molar-refractivity contribution in [1.82, 2.24) is 0 Å². The van der Waals surface area contributed by atoms with Gasteiger partial charge in [0.05, 0.1) is 24.9 Å². The van der Waals surface area contributed by atoms with Gasteiger partial charge in [0.1, 0.15) is 12.4 Å². The molecule has 0 radical (unpaired) electrons. The van der Waals surface area contributed by atoms with Gasteiger partial charge in [-0.15, -0.1) is 0 Å². The molecule has 0 bridgehead atoms. The van der Waals surface area contributed by atoms with Gasteiger partial charge in [-0.25, -0.2) is 0 Å². The zero-order valence-electron chi connectivity index (χ0n) is 13.1. The van der Waals surface area contributed by atoms with E-state index in [-0.39, 0.29) is 0 Å². The number of benzene rings is 2. The van der Waals surface area contributed by atoms with Crippen LogP contribution in [0.25, 0.3) is 0 Å². The number of aliphatic imine (C=N–C) groups is 1. The van der Waals surface area contributed by atoms with Gasteiger partial charge in [-0.1, -0.05) is 24.3 Å². The molecule has 0 saturated heterocycles. The fourth-order valence-corrected chi connectivity index (χ4v) is 2.19. The average molecular weight is 332 g/mol. The maximum Gasteiger partial charge on any atom is 0.180 e. The Labute approximate surface area is 141 Å². The highest BCUT2D eigenvalue weighted by Gasteiger charge is 2.11. The first kappa shape index (κ1) is 16.9. The zero-order valence-corrected chi connectivity index (χ0v) is 13.8. The molecule has 2 rings (SSSR count). The molecule has 5 heteroatoms. The number of nitrogens with zero attached hydrogens (tertiary/aromatic N) is 1. The van der Waals surface area contributed by atoms with Gasteiger partial charge < -0.3 is 14.2 Å².